The molecule has 5 heteroatoms. The van der Waals surface area contributed by atoms with Gasteiger partial charge in [-0.25, -0.2) is 0 Å². The normalized spacial score (nSPS) is 10.7. The van der Waals surface area contributed by atoms with E-state index in [0.717, 1.165) is 16.7 Å². The Kier molecular flexibility index (Phi) is 3.33. The summed E-state index contributed by atoms with van der Waals surface area (Å²) in [4.78, 5) is 10.2. The Hall–Kier alpha value is -2.69. The molecule has 0 amide bonds. The highest BCUT2D eigenvalue weighted by atomic mass is 16.6. The van der Waals surface area contributed by atoms with Gasteiger partial charge in [-0.15, -0.1) is 0 Å². The predicted molar refractivity (Wildman–Crippen MR) is 70.3 cm³/mol. The number of non-ortho nitro benzene ring substituents is 1. The van der Waals surface area contributed by atoms with Crippen molar-refractivity contribution in [2.45, 2.75) is 0 Å². The maximum absolute atomic E-state index is 10.6. The van der Waals surface area contributed by atoms with Gasteiger partial charge in [0.25, 0.3) is 5.69 Å². The number of hydrogen-bond acceptors (Lipinski definition) is 4. The van der Waals surface area contributed by atoms with Crippen LogP contribution in [-0.2, 0) is 0 Å². The average molecular weight is 241 g/mol. The van der Waals surface area contributed by atoms with Gasteiger partial charge in [-0.2, -0.15) is 5.10 Å². The van der Waals surface area contributed by atoms with Crippen LogP contribution in [-0.4, -0.2) is 11.1 Å². The lowest BCUT2D eigenvalue weighted by Crippen LogP contribution is -1.91. The second-order valence-electron chi connectivity index (χ2n) is 3.67. The molecule has 2 rings (SSSR count). The third-order valence-corrected chi connectivity index (χ3v) is 2.56. The predicted octanol–water partition coefficient (Wildman–Crippen LogP) is 2.55. The molecule has 2 aromatic rings. The summed E-state index contributed by atoms with van der Waals surface area (Å²) >= 11 is 0. The van der Waals surface area contributed by atoms with Crippen LogP contribution in [0.25, 0.3) is 11.1 Å². The molecular weight excluding hydrogens is 230 g/mol. The second-order valence-corrected chi connectivity index (χ2v) is 3.67. The summed E-state index contributed by atoms with van der Waals surface area (Å²) in [7, 11) is 0. The van der Waals surface area contributed by atoms with E-state index in [4.69, 9.17) is 5.84 Å². The lowest BCUT2D eigenvalue weighted by molar-refractivity contribution is -0.384. The number of hydrogen-bond donors (Lipinski definition) is 1. The molecule has 0 aliphatic heterocycles. The molecule has 0 atom stereocenters. The third-order valence-electron chi connectivity index (χ3n) is 2.56. The molecule has 0 spiro atoms. The van der Waals surface area contributed by atoms with Gasteiger partial charge in [-0.1, -0.05) is 24.3 Å². The molecule has 0 saturated heterocycles. The van der Waals surface area contributed by atoms with Crippen LogP contribution in [0.15, 0.2) is 53.6 Å². The monoisotopic (exact) mass is 241 g/mol. The molecular formula is C13H11N3O2. The molecule has 90 valence electrons. The number of rotatable bonds is 3. The number of nitro benzene ring substituents is 1. The van der Waals surface area contributed by atoms with Gasteiger partial charge in [0, 0.05) is 17.7 Å². The summed E-state index contributed by atoms with van der Waals surface area (Å²) in [5, 5.41) is 14.1. The molecule has 2 N–H and O–H groups in total. The van der Waals surface area contributed by atoms with E-state index >= 15 is 0 Å². The van der Waals surface area contributed by atoms with E-state index in [9.17, 15) is 10.1 Å². The lowest BCUT2D eigenvalue weighted by atomic mass is 10.0. The third kappa shape index (κ3) is 2.35. The van der Waals surface area contributed by atoms with Crippen molar-refractivity contribution in [1.82, 2.24) is 0 Å². The number of nitrogens with two attached hydrogens (primary N) is 1. The molecule has 0 aliphatic rings. The summed E-state index contributed by atoms with van der Waals surface area (Å²) in [6.45, 7) is 0. The van der Waals surface area contributed by atoms with Gasteiger partial charge >= 0.3 is 0 Å². The van der Waals surface area contributed by atoms with E-state index in [-0.39, 0.29) is 5.69 Å². The van der Waals surface area contributed by atoms with Crippen LogP contribution in [0, 0.1) is 10.1 Å². The highest BCUT2D eigenvalue weighted by molar-refractivity contribution is 5.90. The van der Waals surface area contributed by atoms with Crippen molar-refractivity contribution in [2.75, 3.05) is 0 Å². The zero-order chi connectivity index (χ0) is 13.0. The van der Waals surface area contributed by atoms with Gasteiger partial charge in [-0.05, 0) is 23.3 Å². The van der Waals surface area contributed by atoms with Crippen molar-refractivity contribution < 1.29 is 4.92 Å². The summed E-state index contributed by atoms with van der Waals surface area (Å²) < 4.78 is 0. The second kappa shape index (κ2) is 5.09. The van der Waals surface area contributed by atoms with Crippen LogP contribution >= 0.6 is 0 Å². The fourth-order valence-electron chi connectivity index (χ4n) is 1.72. The number of nitrogens with zero attached hydrogens (tertiary/aromatic N) is 2. The molecule has 0 heterocycles. The maximum Gasteiger partial charge on any atom is 0.269 e. The molecule has 0 fully saturated rings. The van der Waals surface area contributed by atoms with Crippen LogP contribution in [0.2, 0.25) is 0 Å². The molecule has 0 bridgehead atoms. The van der Waals surface area contributed by atoms with Crippen molar-refractivity contribution >= 4 is 11.9 Å². The highest BCUT2D eigenvalue weighted by Gasteiger charge is 2.07. The number of nitro groups is 1. The first-order valence-corrected chi connectivity index (χ1v) is 5.29. The van der Waals surface area contributed by atoms with Crippen molar-refractivity contribution in [3.05, 3.63) is 64.2 Å². The molecule has 5 nitrogen and oxygen atoms in total. The molecule has 0 saturated carbocycles. The van der Waals surface area contributed by atoms with Crippen molar-refractivity contribution in [2.24, 2.45) is 10.9 Å². The molecule has 18 heavy (non-hydrogen) atoms. The Bertz CT molecular complexity index is 591. The van der Waals surface area contributed by atoms with Gasteiger partial charge in [0.1, 0.15) is 0 Å². The summed E-state index contributed by atoms with van der Waals surface area (Å²) in [6, 6.07) is 13.9. The zero-order valence-corrected chi connectivity index (χ0v) is 9.48. The molecule has 0 unspecified atom stereocenters. The SMILES string of the molecule is NN=Cc1ccccc1-c1ccc([N+](=O)[O-])cc1. The first kappa shape index (κ1) is 11.8. The molecule has 0 radical (unpaired) electrons. The fraction of sp³-hybridized carbons (Fsp3) is 0. The quantitative estimate of drug-likeness (QED) is 0.388. The summed E-state index contributed by atoms with van der Waals surface area (Å²) in [5.41, 5.74) is 2.76. The van der Waals surface area contributed by atoms with E-state index in [1.165, 1.54) is 12.1 Å². The molecule has 0 aliphatic carbocycles. The average Bonchev–Trinajstić information content (AvgIpc) is 2.40. The first-order chi connectivity index (χ1) is 8.72. The Morgan fingerprint density at radius 2 is 1.78 bits per heavy atom. The topological polar surface area (TPSA) is 81.5 Å². The Morgan fingerprint density at radius 3 is 2.39 bits per heavy atom. The van der Waals surface area contributed by atoms with E-state index < -0.39 is 4.92 Å². The van der Waals surface area contributed by atoms with Gasteiger partial charge in [0.05, 0.1) is 11.1 Å². The Labute approximate surface area is 104 Å². The molecule has 0 aromatic heterocycles. The van der Waals surface area contributed by atoms with Crippen molar-refractivity contribution in [3.63, 3.8) is 0 Å². The van der Waals surface area contributed by atoms with E-state index in [1.807, 2.05) is 24.3 Å². The van der Waals surface area contributed by atoms with Gasteiger partial charge in [0.15, 0.2) is 0 Å². The van der Waals surface area contributed by atoms with Crippen LogP contribution in [0.1, 0.15) is 5.56 Å². The van der Waals surface area contributed by atoms with E-state index in [0.29, 0.717) is 0 Å². The van der Waals surface area contributed by atoms with E-state index in [1.54, 1.807) is 18.3 Å². The largest absolute Gasteiger partial charge is 0.323 e. The first-order valence-electron chi connectivity index (χ1n) is 5.29. The Morgan fingerprint density at radius 1 is 1.11 bits per heavy atom. The fourth-order valence-corrected chi connectivity index (χ4v) is 1.72. The highest BCUT2D eigenvalue weighted by Crippen LogP contribution is 2.24. The van der Waals surface area contributed by atoms with Gasteiger partial charge in [0.2, 0.25) is 0 Å². The lowest BCUT2D eigenvalue weighted by Gasteiger charge is -2.05. The zero-order valence-electron chi connectivity index (χ0n) is 9.48. The van der Waals surface area contributed by atoms with Crippen molar-refractivity contribution in [3.8, 4) is 11.1 Å². The van der Waals surface area contributed by atoms with Gasteiger partial charge < -0.3 is 5.84 Å². The number of hydrazone groups is 1. The smallest absolute Gasteiger partial charge is 0.269 e. The van der Waals surface area contributed by atoms with Crippen molar-refractivity contribution in [1.29, 1.82) is 0 Å². The Balaban J connectivity index is 2.45. The number of benzene rings is 2. The maximum atomic E-state index is 10.6. The van der Waals surface area contributed by atoms with E-state index in [2.05, 4.69) is 5.10 Å². The standard InChI is InChI=1S/C13H11N3O2/c14-15-9-11-3-1-2-4-13(11)10-5-7-12(8-6-10)16(17)18/h1-9H,14H2. The van der Waals surface area contributed by atoms with Crippen LogP contribution in [0.5, 0.6) is 0 Å². The molecule has 2 aromatic carbocycles. The summed E-state index contributed by atoms with van der Waals surface area (Å²) in [6.07, 6.45) is 1.55. The van der Waals surface area contributed by atoms with Gasteiger partial charge in [-0.3, -0.25) is 10.1 Å². The van der Waals surface area contributed by atoms with Crippen LogP contribution in [0.4, 0.5) is 5.69 Å². The van der Waals surface area contributed by atoms with Crippen LogP contribution in [0.3, 0.4) is 0 Å². The summed E-state index contributed by atoms with van der Waals surface area (Å²) in [5.74, 6) is 5.15. The minimum Gasteiger partial charge on any atom is -0.323 e. The minimum atomic E-state index is -0.420. The van der Waals surface area contributed by atoms with Crippen LogP contribution < -0.4 is 5.84 Å². The minimum absolute atomic E-state index is 0.0729.